The van der Waals surface area contributed by atoms with Gasteiger partial charge >= 0.3 is 0 Å². The van der Waals surface area contributed by atoms with Crippen LogP contribution in [0.15, 0.2) is 60.7 Å². The van der Waals surface area contributed by atoms with E-state index >= 15 is 0 Å². The summed E-state index contributed by atoms with van der Waals surface area (Å²) in [5.74, 6) is 0. The highest BCUT2D eigenvalue weighted by Gasteiger charge is 2.50. The van der Waals surface area contributed by atoms with E-state index in [9.17, 15) is 0 Å². The zero-order valence-electron chi connectivity index (χ0n) is 17.6. The van der Waals surface area contributed by atoms with Crippen molar-refractivity contribution in [3.05, 3.63) is 60.7 Å². The molecule has 2 atom stereocenters. The van der Waals surface area contributed by atoms with E-state index in [1.807, 2.05) is 0 Å². The molecule has 1 aliphatic rings. The maximum absolute atomic E-state index is 6.41. The van der Waals surface area contributed by atoms with Crippen LogP contribution in [-0.2, 0) is 4.74 Å². The van der Waals surface area contributed by atoms with Crippen molar-refractivity contribution in [2.24, 2.45) is 0 Å². The minimum atomic E-state index is -1.97. The van der Waals surface area contributed by atoms with Crippen LogP contribution >= 0.6 is 0 Å². The van der Waals surface area contributed by atoms with Crippen molar-refractivity contribution in [2.45, 2.75) is 83.1 Å². The third-order valence-corrected chi connectivity index (χ3v) is 12.7. The van der Waals surface area contributed by atoms with Crippen molar-refractivity contribution in [1.82, 2.24) is 0 Å². The van der Waals surface area contributed by atoms with E-state index in [0.29, 0.717) is 12.2 Å². The van der Waals surface area contributed by atoms with Crippen LogP contribution in [0.1, 0.15) is 59.8 Å². The smallest absolute Gasteiger partial charge is 0.125 e. The monoisotopic (exact) mass is 380 g/mol. The normalized spacial score (nSPS) is 20.3. The first-order valence-corrected chi connectivity index (χ1v) is 12.9. The quantitative estimate of drug-likeness (QED) is 0.416. The van der Waals surface area contributed by atoms with Crippen LogP contribution in [-0.4, -0.2) is 20.3 Å². The summed E-state index contributed by atoms with van der Waals surface area (Å²) >= 11 is 0. The fraction of sp³-hybridized carbons (Fsp3) is 0.520. The lowest BCUT2D eigenvalue weighted by atomic mass is 10.0. The van der Waals surface area contributed by atoms with Crippen LogP contribution < -0.4 is 10.4 Å². The number of benzene rings is 2. The summed E-state index contributed by atoms with van der Waals surface area (Å²) in [7, 11) is -1.97. The number of hydrogen-bond acceptors (Lipinski definition) is 1. The van der Waals surface area contributed by atoms with Crippen LogP contribution in [0.5, 0.6) is 0 Å². The summed E-state index contributed by atoms with van der Waals surface area (Å²) < 4.78 is 6.41. The van der Waals surface area contributed by atoms with Gasteiger partial charge in [-0.2, -0.15) is 0 Å². The highest BCUT2D eigenvalue weighted by molar-refractivity contribution is 7.04. The van der Waals surface area contributed by atoms with E-state index in [-0.39, 0.29) is 5.04 Å². The highest BCUT2D eigenvalue weighted by atomic mass is 28.3. The Kier molecular flexibility index (Phi) is 6.59. The van der Waals surface area contributed by atoms with E-state index in [1.165, 1.54) is 38.1 Å². The standard InChI is InChI=1S/C25H36OSi/c1-5-6-9-14-21-19-22(26-21)20-27(25(2,3)4,23-15-10-7-11-16-23)24-17-12-8-13-18-24/h7-8,10-13,15-18,21-22H,5-6,9,14,19-20H2,1-4H3/t21-,22+/m0/s1. The first kappa shape index (κ1) is 20.4. The lowest BCUT2D eigenvalue weighted by molar-refractivity contribution is -0.117. The molecule has 1 heterocycles. The fourth-order valence-corrected chi connectivity index (χ4v) is 10.5. The molecule has 1 fully saturated rings. The molecule has 2 aromatic rings. The highest BCUT2D eigenvalue weighted by Crippen LogP contribution is 2.42. The molecule has 0 bridgehead atoms. The lowest BCUT2D eigenvalue weighted by Gasteiger charge is -2.49. The SMILES string of the molecule is CCCCC[C@H]1C[C@H](C[Si](c2ccccc2)(c2ccccc2)C(C)(C)C)O1. The molecule has 0 N–H and O–H groups in total. The van der Waals surface area contributed by atoms with Gasteiger partial charge in [-0.05, 0) is 23.9 Å². The van der Waals surface area contributed by atoms with Crippen LogP contribution in [0.25, 0.3) is 0 Å². The molecule has 2 aromatic carbocycles. The molecular weight excluding hydrogens is 344 g/mol. The first-order chi connectivity index (χ1) is 13.0. The third kappa shape index (κ3) is 4.38. The number of rotatable bonds is 8. The van der Waals surface area contributed by atoms with E-state index in [4.69, 9.17) is 4.74 Å². The van der Waals surface area contributed by atoms with Gasteiger partial charge in [0.1, 0.15) is 8.07 Å². The third-order valence-electron chi connectivity index (χ3n) is 6.39. The predicted molar refractivity (Wildman–Crippen MR) is 120 cm³/mol. The van der Waals surface area contributed by atoms with E-state index in [2.05, 4.69) is 88.4 Å². The van der Waals surface area contributed by atoms with Crippen molar-refractivity contribution in [3.8, 4) is 0 Å². The average molecular weight is 381 g/mol. The zero-order valence-corrected chi connectivity index (χ0v) is 18.6. The molecule has 3 rings (SSSR count). The second-order valence-corrected chi connectivity index (χ2v) is 14.1. The molecule has 1 saturated heterocycles. The minimum Gasteiger partial charge on any atom is -0.375 e. The van der Waals surface area contributed by atoms with E-state index in [1.54, 1.807) is 10.4 Å². The summed E-state index contributed by atoms with van der Waals surface area (Å²) in [6.07, 6.45) is 7.34. The maximum Gasteiger partial charge on any atom is 0.125 e. The number of unbranched alkanes of at least 4 members (excludes halogenated alkanes) is 2. The van der Waals surface area contributed by atoms with Gasteiger partial charge < -0.3 is 4.74 Å². The van der Waals surface area contributed by atoms with Gasteiger partial charge in [-0.25, -0.2) is 0 Å². The molecule has 0 radical (unpaired) electrons. The molecule has 0 aromatic heterocycles. The van der Waals surface area contributed by atoms with Crippen molar-refractivity contribution in [3.63, 3.8) is 0 Å². The zero-order chi connectivity index (χ0) is 19.3. The Balaban J connectivity index is 1.87. The molecule has 0 amide bonds. The van der Waals surface area contributed by atoms with Crippen LogP contribution in [0.3, 0.4) is 0 Å². The molecule has 0 unspecified atom stereocenters. The van der Waals surface area contributed by atoms with Crippen LogP contribution in [0.4, 0.5) is 0 Å². The molecule has 146 valence electrons. The molecule has 2 heteroatoms. The molecule has 0 saturated carbocycles. The Hall–Kier alpha value is -1.38. The molecule has 0 spiro atoms. The summed E-state index contributed by atoms with van der Waals surface area (Å²) in [6, 6.07) is 23.8. The molecule has 1 nitrogen and oxygen atoms in total. The van der Waals surface area contributed by atoms with Gasteiger partial charge in [0.15, 0.2) is 0 Å². The van der Waals surface area contributed by atoms with Crippen LogP contribution in [0, 0.1) is 0 Å². The number of ether oxygens (including phenoxy) is 1. The Bertz CT molecular complexity index is 644. The molecule has 0 aliphatic carbocycles. The Morgan fingerprint density at radius 1 is 0.852 bits per heavy atom. The van der Waals surface area contributed by atoms with Gasteiger partial charge in [-0.15, -0.1) is 0 Å². The summed E-state index contributed by atoms with van der Waals surface area (Å²) in [5, 5.41) is 3.32. The summed E-state index contributed by atoms with van der Waals surface area (Å²) in [4.78, 5) is 0. The van der Waals surface area contributed by atoms with Gasteiger partial charge in [0, 0.05) is 0 Å². The Morgan fingerprint density at radius 2 is 1.37 bits per heavy atom. The molecular formula is C25H36OSi. The summed E-state index contributed by atoms with van der Waals surface area (Å²) in [5.41, 5.74) is 0. The van der Waals surface area contributed by atoms with E-state index in [0.717, 1.165) is 0 Å². The van der Waals surface area contributed by atoms with Gasteiger partial charge in [0.2, 0.25) is 0 Å². The second kappa shape index (κ2) is 8.75. The largest absolute Gasteiger partial charge is 0.375 e. The van der Waals surface area contributed by atoms with Crippen molar-refractivity contribution in [1.29, 1.82) is 0 Å². The number of hydrogen-bond donors (Lipinski definition) is 0. The second-order valence-electron chi connectivity index (χ2n) is 9.20. The fourth-order valence-electron chi connectivity index (χ4n) is 4.86. The van der Waals surface area contributed by atoms with Gasteiger partial charge in [-0.1, -0.05) is 118 Å². The van der Waals surface area contributed by atoms with Gasteiger partial charge in [0.25, 0.3) is 0 Å². The average Bonchev–Trinajstić information content (AvgIpc) is 2.63. The van der Waals surface area contributed by atoms with Gasteiger partial charge in [0.05, 0.1) is 12.2 Å². The molecule has 27 heavy (non-hydrogen) atoms. The first-order valence-electron chi connectivity index (χ1n) is 10.7. The predicted octanol–water partition coefficient (Wildman–Crippen LogP) is 5.79. The van der Waals surface area contributed by atoms with Crippen molar-refractivity contribution in [2.75, 3.05) is 0 Å². The molecule has 1 aliphatic heterocycles. The van der Waals surface area contributed by atoms with Crippen LogP contribution in [0.2, 0.25) is 11.1 Å². The van der Waals surface area contributed by atoms with Crippen molar-refractivity contribution >= 4 is 18.4 Å². The van der Waals surface area contributed by atoms with Gasteiger partial charge in [-0.3, -0.25) is 0 Å². The van der Waals surface area contributed by atoms with Crippen molar-refractivity contribution < 1.29 is 4.74 Å². The Labute approximate surface area is 167 Å². The van der Waals surface area contributed by atoms with E-state index < -0.39 is 8.07 Å². The summed E-state index contributed by atoms with van der Waals surface area (Å²) in [6.45, 7) is 9.59. The Morgan fingerprint density at radius 3 is 1.81 bits per heavy atom. The lowest BCUT2D eigenvalue weighted by Crippen LogP contribution is -2.66. The topological polar surface area (TPSA) is 9.23 Å². The maximum atomic E-state index is 6.41. The minimum absolute atomic E-state index is 0.229.